The van der Waals surface area contributed by atoms with Crippen LogP contribution in [0.2, 0.25) is 0 Å². The van der Waals surface area contributed by atoms with E-state index in [1.165, 1.54) is 7.11 Å². The minimum Gasteiger partial charge on any atom is -0.493 e. The molecule has 0 radical (unpaired) electrons. The third-order valence-electron chi connectivity index (χ3n) is 4.86. The Hall–Kier alpha value is -4.11. The minimum atomic E-state index is -0.518. The molecule has 1 aromatic heterocycles. The quantitative estimate of drug-likeness (QED) is 0.484. The maximum Gasteiger partial charge on any atom is 0.294 e. The van der Waals surface area contributed by atoms with Crippen molar-refractivity contribution in [2.45, 2.75) is 6.61 Å². The lowest BCUT2D eigenvalue weighted by Gasteiger charge is -2.12. The predicted molar refractivity (Wildman–Crippen MR) is 129 cm³/mol. The van der Waals surface area contributed by atoms with Gasteiger partial charge in [0.1, 0.15) is 13.2 Å². The van der Waals surface area contributed by atoms with Gasteiger partial charge < -0.3 is 14.8 Å². The molecule has 9 heteroatoms. The Morgan fingerprint density at radius 2 is 1.82 bits per heavy atom. The van der Waals surface area contributed by atoms with E-state index in [4.69, 9.17) is 9.47 Å². The second-order valence-corrected chi connectivity index (χ2v) is 8.23. The lowest BCUT2D eigenvalue weighted by atomic mass is 10.2. The number of pyridine rings is 1. The van der Waals surface area contributed by atoms with Crippen LogP contribution in [-0.2, 0) is 16.2 Å². The molecule has 8 nitrogen and oxygen atoms in total. The number of para-hydroxylation sites is 1. The van der Waals surface area contributed by atoms with E-state index in [0.717, 1.165) is 22.2 Å². The van der Waals surface area contributed by atoms with E-state index >= 15 is 0 Å². The maximum absolute atomic E-state index is 12.8. The number of amides is 3. The van der Waals surface area contributed by atoms with E-state index in [1.807, 2.05) is 18.2 Å². The predicted octanol–water partition coefficient (Wildman–Crippen LogP) is 4.34. The van der Waals surface area contributed by atoms with Gasteiger partial charge in [0.05, 0.1) is 12.0 Å². The number of aromatic nitrogens is 1. The highest BCUT2D eigenvalue weighted by molar-refractivity contribution is 8.18. The first-order valence-electron chi connectivity index (χ1n) is 10.3. The lowest BCUT2D eigenvalue weighted by Crippen LogP contribution is -2.36. The molecule has 1 N–H and O–H groups in total. The van der Waals surface area contributed by atoms with Crippen molar-refractivity contribution in [3.05, 3.63) is 89.1 Å². The Labute approximate surface area is 200 Å². The third kappa shape index (κ3) is 5.62. The van der Waals surface area contributed by atoms with Crippen LogP contribution in [0.15, 0.2) is 78.0 Å². The van der Waals surface area contributed by atoms with Gasteiger partial charge in [-0.2, -0.15) is 0 Å². The van der Waals surface area contributed by atoms with Crippen LogP contribution >= 0.6 is 11.8 Å². The Balaban J connectivity index is 1.43. The second-order valence-electron chi connectivity index (χ2n) is 7.24. The molecule has 4 rings (SSSR count). The van der Waals surface area contributed by atoms with Crippen molar-refractivity contribution in [3.8, 4) is 11.5 Å². The SMILES string of the molecule is COc1cc(/C=C2/SC(=O)N(CC(=O)Nc3ccccc3)C2=O)ccc1OCc1ccncc1. The second kappa shape index (κ2) is 10.7. The Kier molecular flexibility index (Phi) is 7.24. The number of carbonyl (C=O) groups is 3. The van der Waals surface area contributed by atoms with Crippen LogP contribution in [0, 0.1) is 0 Å². The third-order valence-corrected chi connectivity index (χ3v) is 5.77. The van der Waals surface area contributed by atoms with Crippen molar-refractivity contribution < 1.29 is 23.9 Å². The normalized spacial score (nSPS) is 14.4. The van der Waals surface area contributed by atoms with Gasteiger partial charge in [0.2, 0.25) is 5.91 Å². The smallest absolute Gasteiger partial charge is 0.294 e. The van der Waals surface area contributed by atoms with Gasteiger partial charge in [-0.1, -0.05) is 24.3 Å². The molecule has 3 amide bonds. The summed E-state index contributed by atoms with van der Waals surface area (Å²) in [4.78, 5) is 42.6. The number of nitrogens with one attached hydrogen (secondary N) is 1. The van der Waals surface area contributed by atoms with Gasteiger partial charge in [-0.15, -0.1) is 0 Å². The number of thioether (sulfide) groups is 1. The van der Waals surface area contributed by atoms with Gasteiger partial charge >= 0.3 is 0 Å². The number of hydrogen-bond donors (Lipinski definition) is 1. The molecule has 1 aliphatic rings. The number of methoxy groups -OCH3 is 1. The highest BCUT2D eigenvalue weighted by Gasteiger charge is 2.36. The highest BCUT2D eigenvalue weighted by atomic mass is 32.2. The van der Waals surface area contributed by atoms with Crippen LogP contribution < -0.4 is 14.8 Å². The molecule has 0 saturated carbocycles. The van der Waals surface area contributed by atoms with Gasteiger partial charge in [0.15, 0.2) is 11.5 Å². The van der Waals surface area contributed by atoms with E-state index in [0.29, 0.717) is 29.4 Å². The zero-order valence-electron chi connectivity index (χ0n) is 18.3. The summed E-state index contributed by atoms with van der Waals surface area (Å²) in [6.07, 6.45) is 4.98. The minimum absolute atomic E-state index is 0.227. The number of rotatable bonds is 8. The van der Waals surface area contributed by atoms with Crippen LogP contribution in [0.5, 0.6) is 11.5 Å². The molecule has 2 heterocycles. The average Bonchev–Trinajstić information content (AvgIpc) is 3.11. The van der Waals surface area contributed by atoms with Crippen molar-refractivity contribution in [2.24, 2.45) is 0 Å². The number of benzene rings is 2. The fourth-order valence-corrected chi connectivity index (χ4v) is 4.02. The topological polar surface area (TPSA) is 97.8 Å². The molecule has 34 heavy (non-hydrogen) atoms. The number of ether oxygens (including phenoxy) is 2. The van der Waals surface area contributed by atoms with E-state index in [9.17, 15) is 14.4 Å². The summed E-state index contributed by atoms with van der Waals surface area (Å²) < 4.78 is 11.3. The first kappa shape index (κ1) is 23.1. The maximum atomic E-state index is 12.8. The summed E-state index contributed by atoms with van der Waals surface area (Å²) in [6, 6.07) is 17.8. The summed E-state index contributed by atoms with van der Waals surface area (Å²) in [5, 5.41) is 2.18. The van der Waals surface area contributed by atoms with Crippen molar-refractivity contribution >= 4 is 40.6 Å². The molecule has 1 aliphatic heterocycles. The zero-order valence-corrected chi connectivity index (χ0v) is 19.1. The molecule has 172 valence electrons. The molecule has 1 saturated heterocycles. The first-order chi connectivity index (χ1) is 16.5. The molecule has 0 spiro atoms. The van der Waals surface area contributed by atoms with Crippen LogP contribution in [0.4, 0.5) is 10.5 Å². The molecule has 2 aromatic carbocycles. The van der Waals surface area contributed by atoms with Crippen molar-refractivity contribution in [2.75, 3.05) is 19.0 Å². The number of hydrogen-bond acceptors (Lipinski definition) is 7. The van der Waals surface area contributed by atoms with E-state index in [-0.39, 0.29) is 11.4 Å². The molecule has 0 atom stereocenters. The van der Waals surface area contributed by atoms with Crippen LogP contribution in [0.25, 0.3) is 6.08 Å². The molecular weight excluding hydrogens is 454 g/mol. The standard InChI is InChI=1S/C25H21N3O5S/c1-32-21-13-18(7-8-20(21)33-16-17-9-11-26-12-10-17)14-22-24(30)28(25(31)34-22)15-23(29)27-19-5-3-2-4-6-19/h2-14H,15-16H2,1H3,(H,27,29)/b22-14+. The van der Waals surface area contributed by atoms with E-state index in [1.54, 1.807) is 60.9 Å². The van der Waals surface area contributed by atoms with E-state index < -0.39 is 17.1 Å². The van der Waals surface area contributed by atoms with Crippen molar-refractivity contribution in [3.63, 3.8) is 0 Å². The largest absolute Gasteiger partial charge is 0.493 e. The van der Waals surface area contributed by atoms with Crippen molar-refractivity contribution in [1.29, 1.82) is 0 Å². The zero-order chi connectivity index (χ0) is 23.9. The molecule has 3 aromatic rings. The number of imide groups is 1. The van der Waals surface area contributed by atoms with Gasteiger partial charge in [0, 0.05) is 18.1 Å². The van der Waals surface area contributed by atoms with Crippen molar-refractivity contribution in [1.82, 2.24) is 9.88 Å². The lowest BCUT2D eigenvalue weighted by molar-refractivity contribution is -0.127. The summed E-state index contributed by atoms with van der Waals surface area (Å²) in [7, 11) is 1.53. The summed E-state index contributed by atoms with van der Waals surface area (Å²) in [5.41, 5.74) is 2.21. The van der Waals surface area contributed by atoms with E-state index in [2.05, 4.69) is 10.3 Å². The Bertz CT molecular complexity index is 1230. The van der Waals surface area contributed by atoms with Crippen LogP contribution in [-0.4, -0.2) is 40.6 Å². The fraction of sp³-hybridized carbons (Fsp3) is 0.120. The number of nitrogens with zero attached hydrogens (tertiary/aromatic N) is 2. The summed E-state index contributed by atoms with van der Waals surface area (Å²) in [6.45, 7) is -0.00976. The fourth-order valence-electron chi connectivity index (χ4n) is 3.19. The van der Waals surface area contributed by atoms with Gasteiger partial charge in [-0.25, -0.2) is 0 Å². The average molecular weight is 476 g/mol. The molecule has 0 bridgehead atoms. The molecule has 0 aliphatic carbocycles. The Morgan fingerprint density at radius 1 is 1.06 bits per heavy atom. The van der Waals surface area contributed by atoms with Gasteiger partial charge in [-0.3, -0.25) is 24.3 Å². The number of anilines is 1. The summed E-state index contributed by atoms with van der Waals surface area (Å²) >= 11 is 0.791. The Morgan fingerprint density at radius 3 is 2.56 bits per heavy atom. The number of carbonyl (C=O) groups excluding carboxylic acids is 3. The highest BCUT2D eigenvalue weighted by Crippen LogP contribution is 2.34. The molecule has 0 unspecified atom stereocenters. The van der Waals surface area contributed by atoms with Gasteiger partial charge in [-0.05, 0) is 65.4 Å². The monoisotopic (exact) mass is 475 g/mol. The van der Waals surface area contributed by atoms with Gasteiger partial charge in [0.25, 0.3) is 11.1 Å². The molecular formula is C25H21N3O5S. The van der Waals surface area contributed by atoms with Crippen LogP contribution in [0.1, 0.15) is 11.1 Å². The summed E-state index contributed by atoms with van der Waals surface area (Å²) in [5.74, 6) is 0.0636. The van der Waals surface area contributed by atoms with Crippen LogP contribution in [0.3, 0.4) is 0 Å². The molecule has 1 fully saturated rings. The first-order valence-corrected chi connectivity index (χ1v) is 11.1.